The van der Waals surface area contributed by atoms with E-state index in [0.29, 0.717) is 18.9 Å². The third-order valence-electron chi connectivity index (χ3n) is 3.27. The molecule has 2 atom stereocenters. The number of hydrogen-bond acceptors (Lipinski definition) is 2. The van der Waals surface area contributed by atoms with Gasteiger partial charge < -0.3 is 9.84 Å². The first-order valence-electron chi connectivity index (χ1n) is 6.55. The smallest absolute Gasteiger partial charge is 0.115 e. The highest BCUT2D eigenvalue weighted by Gasteiger charge is 2.30. The highest BCUT2D eigenvalue weighted by atomic mass is 35.5. The number of allylic oxidation sites excluding steroid dienone is 2. The van der Waals surface area contributed by atoms with Crippen LogP contribution in [-0.4, -0.2) is 23.7 Å². The molecule has 2 rings (SSSR count). The molecule has 0 spiro atoms. The summed E-state index contributed by atoms with van der Waals surface area (Å²) in [6.45, 7) is 0.291. The number of ether oxygens (including phenoxy) is 1. The molecule has 2 unspecified atom stereocenters. The second-order valence-electron chi connectivity index (χ2n) is 4.69. The lowest BCUT2D eigenvalue weighted by molar-refractivity contribution is -0.0555. The molecule has 102 valence electrons. The number of benzene rings is 1. The van der Waals surface area contributed by atoms with Gasteiger partial charge in [0, 0.05) is 12.3 Å². The zero-order valence-corrected chi connectivity index (χ0v) is 11.6. The quantitative estimate of drug-likeness (QED) is 0.808. The van der Waals surface area contributed by atoms with Gasteiger partial charge in [-0.1, -0.05) is 48.6 Å². The van der Waals surface area contributed by atoms with E-state index in [0.717, 1.165) is 12.0 Å². The predicted molar refractivity (Wildman–Crippen MR) is 78.3 cm³/mol. The van der Waals surface area contributed by atoms with Gasteiger partial charge in [0.25, 0.3) is 0 Å². The van der Waals surface area contributed by atoms with E-state index in [-0.39, 0.29) is 0 Å². The van der Waals surface area contributed by atoms with Crippen molar-refractivity contribution in [3.8, 4) is 0 Å². The van der Waals surface area contributed by atoms with E-state index >= 15 is 0 Å². The lowest BCUT2D eigenvalue weighted by atomic mass is 9.87. The van der Waals surface area contributed by atoms with Gasteiger partial charge in [0.15, 0.2) is 0 Å². The molecule has 1 aromatic carbocycles. The van der Waals surface area contributed by atoms with Crippen molar-refractivity contribution in [3.05, 3.63) is 60.2 Å². The van der Waals surface area contributed by atoms with E-state index in [1.165, 1.54) is 0 Å². The van der Waals surface area contributed by atoms with Crippen molar-refractivity contribution in [2.75, 3.05) is 12.5 Å². The Balaban J connectivity index is 2.13. The molecule has 3 heteroatoms. The average molecular weight is 279 g/mol. The van der Waals surface area contributed by atoms with Gasteiger partial charge in [0.05, 0.1) is 12.7 Å². The molecule has 0 radical (unpaired) electrons. The van der Waals surface area contributed by atoms with Crippen LogP contribution in [0.5, 0.6) is 0 Å². The fourth-order valence-electron chi connectivity index (χ4n) is 2.18. The Hall–Kier alpha value is -1.09. The van der Waals surface area contributed by atoms with Crippen LogP contribution in [-0.2, 0) is 10.3 Å². The summed E-state index contributed by atoms with van der Waals surface area (Å²) in [6.07, 6.45) is 8.95. The van der Waals surface area contributed by atoms with Crippen LogP contribution in [0.25, 0.3) is 0 Å². The van der Waals surface area contributed by atoms with Gasteiger partial charge >= 0.3 is 0 Å². The predicted octanol–water partition coefficient (Wildman–Crippen LogP) is 3.40. The topological polar surface area (TPSA) is 29.5 Å². The lowest BCUT2D eigenvalue weighted by Gasteiger charge is -2.33. The molecule has 2 nitrogen and oxygen atoms in total. The molecule has 0 saturated carbocycles. The van der Waals surface area contributed by atoms with E-state index in [9.17, 15) is 5.11 Å². The van der Waals surface area contributed by atoms with Crippen molar-refractivity contribution in [2.45, 2.75) is 24.5 Å². The van der Waals surface area contributed by atoms with Crippen LogP contribution >= 0.6 is 11.6 Å². The first kappa shape index (κ1) is 14.3. The highest BCUT2D eigenvalue weighted by molar-refractivity contribution is 6.17. The van der Waals surface area contributed by atoms with Crippen LogP contribution in [0, 0.1) is 0 Å². The van der Waals surface area contributed by atoms with E-state index in [4.69, 9.17) is 16.3 Å². The van der Waals surface area contributed by atoms with Crippen LogP contribution in [0.1, 0.15) is 18.4 Å². The minimum Gasteiger partial charge on any atom is -0.391 e. The molecule has 19 heavy (non-hydrogen) atoms. The number of alkyl halides is 1. The summed E-state index contributed by atoms with van der Waals surface area (Å²) in [5, 5.41) is 9.79. The standard InChI is InChI=1S/C16H19ClO2/c17-12-9-15(18)13-19-16(10-5-2-6-11-16)14-7-3-1-4-8-14/h1-8,10,15,18H,9,11-13H2. The highest BCUT2D eigenvalue weighted by Crippen LogP contribution is 2.34. The Morgan fingerprint density at radius 3 is 2.68 bits per heavy atom. The second kappa shape index (κ2) is 6.90. The van der Waals surface area contributed by atoms with Crippen molar-refractivity contribution >= 4 is 11.6 Å². The first-order chi connectivity index (χ1) is 9.27. The lowest BCUT2D eigenvalue weighted by Crippen LogP contribution is -2.32. The SMILES string of the molecule is OC(CCCl)COC1(c2ccccc2)C=CC=CC1. The average Bonchev–Trinajstić information content (AvgIpc) is 2.47. The number of rotatable bonds is 6. The van der Waals surface area contributed by atoms with Crippen molar-refractivity contribution in [1.29, 1.82) is 0 Å². The molecular formula is C16H19ClO2. The maximum Gasteiger partial charge on any atom is 0.115 e. The van der Waals surface area contributed by atoms with Gasteiger partial charge in [-0.05, 0) is 18.1 Å². The molecule has 1 aliphatic rings. The first-order valence-corrected chi connectivity index (χ1v) is 7.08. The van der Waals surface area contributed by atoms with E-state index < -0.39 is 11.7 Å². The van der Waals surface area contributed by atoms with Crippen molar-refractivity contribution in [3.63, 3.8) is 0 Å². The van der Waals surface area contributed by atoms with Crippen molar-refractivity contribution < 1.29 is 9.84 Å². The molecule has 0 bridgehead atoms. The molecule has 1 aliphatic carbocycles. The normalized spacial score (nSPS) is 23.5. The monoisotopic (exact) mass is 278 g/mol. The van der Waals surface area contributed by atoms with Gasteiger partial charge in [-0.25, -0.2) is 0 Å². The summed E-state index contributed by atoms with van der Waals surface area (Å²) in [5.74, 6) is 0.443. The molecular weight excluding hydrogens is 260 g/mol. The Bertz CT molecular complexity index is 441. The largest absolute Gasteiger partial charge is 0.391 e. The number of aliphatic hydroxyl groups excluding tert-OH is 1. The molecule has 0 aromatic heterocycles. The molecule has 0 aliphatic heterocycles. The summed E-state index contributed by atoms with van der Waals surface area (Å²) < 4.78 is 6.02. The number of halogens is 1. The van der Waals surface area contributed by atoms with Gasteiger partial charge in [0.1, 0.15) is 5.60 Å². The van der Waals surface area contributed by atoms with Crippen LogP contribution in [0.15, 0.2) is 54.6 Å². The minimum absolute atomic E-state index is 0.291. The zero-order valence-electron chi connectivity index (χ0n) is 10.8. The van der Waals surface area contributed by atoms with Gasteiger partial charge in [0.2, 0.25) is 0 Å². The fraction of sp³-hybridized carbons (Fsp3) is 0.375. The Morgan fingerprint density at radius 2 is 2.05 bits per heavy atom. The summed E-state index contributed by atoms with van der Waals surface area (Å²) in [7, 11) is 0. The fourth-order valence-corrected chi connectivity index (χ4v) is 2.43. The zero-order chi connectivity index (χ0) is 13.6. The van der Waals surface area contributed by atoms with Gasteiger partial charge in [-0.15, -0.1) is 11.6 Å². The molecule has 0 heterocycles. The summed E-state index contributed by atoms with van der Waals surface area (Å²) in [4.78, 5) is 0. The summed E-state index contributed by atoms with van der Waals surface area (Å²) in [5.41, 5.74) is 0.636. The summed E-state index contributed by atoms with van der Waals surface area (Å²) >= 11 is 5.63. The Kier molecular flexibility index (Phi) is 5.20. The van der Waals surface area contributed by atoms with Gasteiger partial charge in [-0.3, -0.25) is 0 Å². The van der Waals surface area contributed by atoms with Crippen molar-refractivity contribution in [2.24, 2.45) is 0 Å². The Morgan fingerprint density at radius 1 is 1.26 bits per heavy atom. The van der Waals surface area contributed by atoms with Crippen LogP contribution in [0.2, 0.25) is 0 Å². The van der Waals surface area contributed by atoms with Gasteiger partial charge in [-0.2, -0.15) is 0 Å². The second-order valence-corrected chi connectivity index (χ2v) is 5.07. The third-order valence-corrected chi connectivity index (χ3v) is 3.49. The minimum atomic E-state index is -0.516. The van der Waals surface area contributed by atoms with Crippen LogP contribution in [0.4, 0.5) is 0 Å². The van der Waals surface area contributed by atoms with E-state index in [1.807, 2.05) is 30.4 Å². The van der Waals surface area contributed by atoms with Crippen LogP contribution in [0.3, 0.4) is 0 Å². The number of aliphatic hydroxyl groups is 1. The molecule has 0 fully saturated rings. The van der Waals surface area contributed by atoms with Crippen LogP contribution < -0.4 is 0 Å². The number of hydrogen-bond donors (Lipinski definition) is 1. The summed E-state index contributed by atoms with van der Waals surface area (Å²) in [6, 6.07) is 10.1. The maximum atomic E-state index is 9.79. The van der Waals surface area contributed by atoms with Crippen molar-refractivity contribution in [1.82, 2.24) is 0 Å². The third kappa shape index (κ3) is 3.69. The molecule has 1 N–H and O–H groups in total. The Labute approximate surface area is 119 Å². The maximum absolute atomic E-state index is 9.79. The molecule has 1 aromatic rings. The van der Waals surface area contributed by atoms with E-state index in [1.54, 1.807) is 0 Å². The molecule has 0 saturated heterocycles. The molecule has 0 amide bonds. The van der Waals surface area contributed by atoms with E-state index in [2.05, 4.69) is 24.3 Å².